The number of rotatable bonds is 15. The van der Waals surface area contributed by atoms with Gasteiger partial charge in [0.15, 0.2) is 0 Å². The maximum absolute atomic E-state index is 12.6. The van der Waals surface area contributed by atoms with Crippen LogP contribution in [0.3, 0.4) is 0 Å². The Hall–Kier alpha value is -6.01. The summed E-state index contributed by atoms with van der Waals surface area (Å²) < 4.78 is 1.99. The van der Waals surface area contributed by atoms with Gasteiger partial charge in [-0.2, -0.15) is 5.10 Å². The number of aromatic nitrogens is 3. The molecule has 2 heterocycles. The zero-order valence-corrected chi connectivity index (χ0v) is 31.1. The zero-order chi connectivity index (χ0) is 39.3. The van der Waals surface area contributed by atoms with Crippen molar-refractivity contribution in [1.29, 1.82) is 0 Å². The fraction of sp³-hybridized carbons (Fsp3) is 0.310. The van der Waals surface area contributed by atoms with E-state index in [-0.39, 0.29) is 29.2 Å². The largest absolute Gasteiger partial charge is 0.508 e. The number of nitrogens with zero attached hydrogens (tertiary/aromatic N) is 3. The van der Waals surface area contributed by atoms with Crippen molar-refractivity contribution in [2.45, 2.75) is 83.2 Å². The summed E-state index contributed by atoms with van der Waals surface area (Å²) in [6.07, 6.45) is 5.90. The maximum Gasteiger partial charge on any atom is 0.240 e. The lowest BCUT2D eigenvalue weighted by Crippen LogP contribution is -2.45. The smallest absolute Gasteiger partial charge is 0.240 e. The highest BCUT2D eigenvalue weighted by Crippen LogP contribution is 2.26. The van der Waals surface area contributed by atoms with Crippen molar-refractivity contribution in [3.63, 3.8) is 0 Å². The summed E-state index contributed by atoms with van der Waals surface area (Å²) >= 11 is 0. The number of amides is 3. The quantitative estimate of drug-likeness (QED) is 0.0804. The number of nitrogens with one attached hydrogen (secondary N) is 1. The molecule has 0 radical (unpaired) electrons. The molecule has 3 amide bonds. The van der Waals surface area contributed by atoms with Crippen molar-refractivity contribution >= 4 is 17.7 Å². The van der Waals surface area contributed by atoms with E-state index in [1.807, 2.05) is 22.9 Å². The number of aromatic hydroxyl groups is 2. The molecule has 5 rings (SSSR count). The molecule has 2 atom stereocenters. The van der Waals surface area contributed by atoms with Gasteiger partial charge in [0.05, 0.1) is 17.4 Å². The van der Waals surface area contributed by atoms with Crippen LogP contribution in [-0.2, 0) is 39.1 Å². The average molecular weight is 734 g/mol. The fourth-order valence-corrected chi connectivity index (χ4v) is 5.73. The second-order valence-corrected chi connectivity index (χ2v) is 14.3. The topological polar surface area (TPSA) is 212 Å². The summed E-state index contributed by atoms with van der Waals surface area (Å²) in [6.45, 7) is 6.59. The van der Waals surface area contributed by atoms with Crippen LogP contribution in [0.2, 0.25) is 0 Å². The van der Waals surface area contributed by atoms with E-state index in [1.54, 1.807) is 54.7 Å². The molecule has 2 aromatic heterocycles. The van der Waals surface area contributed by atoms with Gasteiger partial charge in [0.25, 0.3) is 0 Å². The predicted octanol–water partition coefficient (Wildman–Crippen LogP) is 5.00. The molecule has 0 saturated carbocycles. The second kappa shape index (κ2) is 19.2. The van der Waals surface area contributed by atoms with Crippen LogP contribution in [0.5, 0.6) is 11.5 Å². The lowest BCUT2D eigenvalue weighted by Gasteiger charge is -2.19. The summed E-state index contributed by atoms with van der Waals surface area (Å²) in [5, 5.41) is 26.3. The Morgan fingerprint density at radius 3 is 2.09 bits per heavy atom. The van der Waals surface area contributed by atoms with Gasteiger partial charge >= 0.3 is 0 Å². The van der Waals surface area contributed by atoms with Gasteiger partial charge < -0.3 is 32.7 Å². The number of unbranched alkanes of at least 4 members (excludes halogenated alkanes) is 2. The van der Waals surface area contributed by atoms with Gasteiger partial charge in [-0.3, -0.25) is 19.4 Å². The van der Waals surface area contributed by atoms with Crippen molar-refractivity contribution in [2.75, 3.05) is 0 Å². The number of hydrogen-bond donors (Lipinski definition) is 6. The van der Waals surface area contributed by atoms with Gasteiger partial charge in [-0.25, -0.2) is 4.68 Å². The molecule has 0 spiro atoms. The van der Waals surface area contributed by atoms with E-state index in [9.17, 15) is 19.5 Å². The first-order valence-corrected chi connectivity index (χ1v) is 18.0. The number of carbonyl (C=O) groups is 3. The number of phenols is 2. The van der Waals surface area contributed by atoms with Crippen molar-refractivity contribution in [3.8, 4) is 28.6 Å². The molecule has 284 valence electrons. The number of benzene rings is 3. The first-order chi connectivity index (χ1) is 25.7. The summed E-state index contributed by atoms with van der Waals surface area (Å²) in [5.41, 5.74) is 22.6. The number of phenolic OH excluding ortho intramolecular Hbond substituents is 2. The van der Waals surface area contributed by atoms with Crippen LogP contribution in [0.15, 0.2) is 103 Å². The van der Waals surface area contributed by atoms with Crippen LogP contribution in [0.4, 0.5) is 0 Å². The van der Waals surface area contributed by atoms with Crippen LogP contribution < -0.4 is 22.5 Å². The Balaban J connectivity index is 0.000000422. The number of pyridine rings is 1. The van der Waals surface area contributed by atoms with Gasteiger partial charge in [0.2, 0.25) is 17.7 Å². The number of aryl methyl sites for hydroxylation is 1. The molecular formula is C42H51N7O5. The Bertz CT molecular complexity index is 1970. The fourth-order valence-electron chi connectivity index (χ4n) is 5.73. The number of nitrogens with two attached hydrogens (primary N) is 3. The highest BCUT2D eigenvalue weighted by atomic mass is 16.3. The molecule has 0 aliphatic carbocycles. The van der Waals surface area contributed by atoms with E-state index < -0.39 is 23.9 Å². The minimum Gasteiger partial charge on any atom is -0.508 e. The van der Waals surface area contributed by atoms with Crippen molar-refractivity contribution < 1.29 is 24.6 Å². The van der Waals surface area contributed by atoms with Crippen LogP contribution in [0.1, 0.15) is 68.8 Å². The van der Waals surface area contributed by atoms with E-state index in [0.717, 1.165) is 53.2 Å². The first kappa shape index (κ1) is 40.8. The molecule has 9 N–H and O–H groups in total. The second-order valence-electron chi connectivity index (χ2n) is 14.3. The molecule has 12 heteroatoms. The van der Waals surface area contributed by atoms with E-state index in [0.29, 0.717) is 19.3 Å². The molecule has 5 aromatic rings. The van der Waals surface area contributed by atoms with E-state index in [2.05, 4.69) is 61.4 Å². The SMILES string of the molecule is CC(C)(C)c1ccc(-n2nc(-c3ccccn3)cc2CCCCCC(=O)N[C@@H](Cc2cccc(O)c2)C(N)=O)cc1.NC(=O)[C@@H](N)Cc1ccc(O)cc1. The molecule has 0 aliphatic rings. The molecule has 3 aromatic carbocycles. The minimum atomic E-state index is -0.826. The van der Waals surface area contributed by atoms with Crippen LogP contribution in [0, 0.1) is 0 Å². The number of primary amides is 2. The van der Waals surface area contributed by atoms with E-state index in [1.165, 1.54) is 5.56 Å². The van der Waals surface area contributed by atoms with Gasteiger partial charge in [0.1, 0.15) is 23.2 Å². The Labute approximate surface area is 316 Å². The van der Waals surface area contributed by atoms with Gasteiger partial charge in [0, 0.05) is 24.7 Å². The lowest BCUT2D eigenvalue weighted by atomic mass is 9.87. The number of hydrogen-bond acceptors (Lipinski definition) is 8. The van der Waals surface area contributed by atoms with Gasteiger partial charge in [-0.05, 0) is 102 Å². The molecule has 0 unspecified atom stereocenters. The lowest BCUT2D eigenvalue weighted by molar-refractivity contribution is -0.127. The summed E-state index contributed by atoms with van der Waals surface area (Å²) in [5.74, 6) is -1.04. The third-order valence-corrected chi connectivity index (χ3v) is 8.81. The minimum absolute atomic E-state index is 0.0683. The van der Waals surface area contributed by atoms with Gasteiger partial charge in [-0.15, -0.1) is 0 Å². The summed E-state index contributed by atoms with van der Waals surface area (Å²) in [6, 6.07) is 28.0. The van der Waals surface area contributed by atoms with Crippen molar-refractivity contribution in [1.82, 2.24) is 20.1 Å². The van der Waals surface area contributed by atoms with Crippen molar-refractivity contribution in [3.05, 3.63) is 126 Å². The van der Waals surface area contributed by atoms with Crippen LogP contribution in [0.25, 0.3) is 17.1 Å². The first-order valence-electron chi connectivity index (χ1n) is 18.0. The zero-order valence-electron chi connectivity index (χ0n) is 31.1. The highest BCUT2D eigenvalue weighted by Gasteiger charge is 2.19. The molecule has 12 nitrogen and oxygen atoms in total. The molecule has 0 bridgehead atoms. The molecule has 0 fully saturated rings. The molecular weight excluding hydrogens is 683 g/mol. The van der Waals surface area contributed by atoms with Crippen LogP contribution >= 0.6 is 0 Å². The molecule has 0 saturated heterocycles. The van der Waals surface area contributed by atoms with E-state index >= 15 is 0 Å². The standard InChI is InChI=1S/C33H39N5O3.C9H12N2O2/c1-33(2,3)24-15-17-25(18-16-24)38-26(22-29(37-38)28-13-7-8-19-35-28)11-5-4-6-14-31(40)36-30(32(34)41)21-23-10-9-12-27(39)20-23;10-8(9(11)13)5-6-1-3-7(12)4-2-6/h7-10,12-13,15-20,22,30,39H,4-6,11,14,21H2,1-3H3,(H2,34,41)(H,36,40);1-4,8,12H,5,10H2,(H2,11,13)/t30-;8-/m00/s1. The Morgan fingerprint density at radius 2 is 1.48 bits per heavy atom. The summed E-state index contributed by atoms with van der Waals surface area (Å²) in [7, 11) is 0. The maximum atomic E-state index is 12.6. The monoisotopic (exact) mass is 733 g/mol. The van der Waals surface area contributed by atoms with Gasteiger partial charge in [-0.1, -0.05) is 69.7 Å². The van der Waals surface area contributed by atoms with Crippen LogP contribution in [-0.4, -0.2) is 54.8 Å². The average Bonchev–Trinajstić information content (AvgIpc) is 3.56. The van der Waals surface area contributed by atoms with Crippen molar-refractivity contribution in [2.24, 2.45) is 17.2 Å². The Morgan fingerprint density at radius 1 is 0.759 bits per heavy atom. The number of carbonyl (C=O) groups excluding carboxylic acids is 3. The molecule has 54 heavy (non-hydrogen) atoms. The normalized spacial score (nSPS) is 12.2. The Kier molecular flexibility index (Phi) is 14.5. The predicted molar refractivity (Wildman–Crippen MR) is 210 cm³/mol. The third-order valence-electron chi connectivity index (χ3n) is 8.81. The summed E-state index contributed by atoms with van der Waals surface area (Å²) in [4.78, 5) is 39.6. The highest BCUT2D eigenvalue weighted by molar-refractivity contribution is 5.86. The molecule has 0 aliphatic heterocycles. The van der Waals surface area contributed by atoms with E-state index in [4.69, 9.17) is 27.4 Å². The third kappa shape index (κ3) is 12.6.